The van der Waals surface area contributed by atoms with Crippen LogP contribution in [0, 0.1) is 0 Å². The van der Waals surface area contributed by atoms with Crippen LogP contribution in [0.4, 0.5) is 0 Å². The van der Waals surface area contributed by atoms with Crippen LogP contribution in [-0.4, -0.2) is 34.1 Å². The Morgan fingerprint density at radius 2 is 2.27 bits per heavy atom. The molecule has 1 aromatic heterocycles. The Kier molecular flexibility index (Phi) is 2.48. The van der Waals surface area contributed by atoms with Gasteiger partial charge in [-0.1, -0.05) is 0 Å². The van der Waals surface area contributed by atoms with Crippen molar-refractivity contribution in [3.05, 3.63) is 18.0 Å². The van der Waals surface area contributed by atoms with Crippen LogP contribution in [0.15, 0.2) is 12.4 Å². The Morgan fingerprint density at radius 1 is 1.60 bits per heavy atom. The van der Waals surface area contributed by atoms with Crippen molar-refractivity contribution in [3.8, 4) is 0 Å². The van der Waals surface area contributed by atoms with E-state index in [1.165, 1.54) is 6.20 Å². The zero-order valence-electron chi connectivity index (χ0n) is 8.64. The monoisotopic (exact) mass is 210 g/mol. The second kappa shape index (κ2) is 3.66. The summed E-state index contributed by atoms with van der Waals surface area (Å²) < 4.78 is 7.03. The third-order valence-electron chi connectivity index (χ3n) is 2.95. The summed E-state index contributed by atoms with van der Waals surface area (Å²) in [6.07, 6.45) is 4.72. The smallest absolute Gasteiger partial charge is 0.338 e. The highest BCUT2D eigenvalue weighted by molar-refractivity contribution is 5.86. The molecule has 0 saturated carbocycles. The van der Waals surface area contributed by atoms with Gasteiger partial charge in [0.1, 0.15) is 0 Å². The number of carboxylic acid groups (broad SMARTS) is 1. The minimum Gasteiger partial charge on any atom is -0.478 e. The molecule has 1 N–H and O–H groups in total. The maximum Gasteiger partial charge on any atom is 0.338 e. The summed E-state index contributed by atoms with van der Waals surface area (Å²) in [5.41, 5.74) is 0.133. The van der Waals surface area contributed by atoms with Crippen molar-refractivity contribution in [3.63, 3.8) is 0 Å². The molecular formula is C10H14N2O3. The Hall–Kier alpha value is -1.36. The zero-order valence-corrected chi connectivity index (χ0v) is 8.64. The molecule has 82 valence electrons. The number of hydrogen-bond donors (Lipinski definition) is 1. The van der Waals surface area contributed by atoms with Crippen molar-refractivity contribution in [2.24, 2.45) is 0 Å². The topological polar surface area (TPSA) is 64.4 Å². The number of aromatic nitrogens is 2. The number of carboxylic acids is 1. The second-order valence-corrected chi connectivity index (χ2v) is 4.09. The molecule has 1 aliphatic heterocycles. The molecule has 0 amide bonds. The van der Waals surface area contributed by atoms with Crippen molar-refractivity contribution in [1.82, 2.24) is 9.78 Å². The van der Waals surface area contributed by atoms with Crippen LogP contribution in [0.1, 0.15) is 30.1 Å². The van der Waals surface area contributed by atoms with Crippen molar-refractivity contribution in [1.29, 1.82) is 0 Å². The van der Waals surface area contributed by atoms with Crippen molar-refractivity contribution in [2.45, 2.75) is 25.3 Å². The predicted molar refractivity (Wildman–Crippen MR) is 52.9 cm³/mol. The molecule has 0 bridgehead atoms. The van der Waals surface area contributed by atoms with Gasteiger partial charge in [-0.25, -0.2) is 4.79 Å². The van der Waals surface area contributed by atoms with Crippen LogP contribution < -0.4 is 0 Å². The van der Waals surface area contributed by atoms with Gasteiger partial charge in [-0.05, 0) is 19.8 Å². The molecule has 1 aliphatic rings. The van der Waals surface area contributed by atoms with E-state index in [-0.39, 0.29) is 11.1 Å². The molecule has 1 aromatic rings. The Bertz CT molecular complexity index is 366. The fourth-order valence-corrected chi connectivity index (χ4v) is 1.77. The van der Waals surface area contributed by atoms with E-state index in [0.717, 1.165) is 12.8 Å². The van der Waals surface area contributed by atoms with Crippen molar-refractivity contribution >= 4 is 5.97 Å². The van der Waals surface area contributed by atoms with Crippen LogP contribution >= 0.6 is 0 Å². The summed E-state index contributed by atoms with van der Waals surface area (Å²) in [6, 6.07) is 0. The number of ether oxygens (including phenoxy) is 1. The van der Waals surface area contributed by atoms with Gasteiger partial charge in [-0.15, -0.1) is 0 Å². The highest BCUT2D eigenvalue weighted by atomic mass is 16.5. The molecule has 0 radical (unpaired) electrons. The predicted octanol–water partition coefficient (Wildman–Crippen LogP) is 1.11. The molecule has 0 aromatic carbocycles. The second-order valence-electron chi connectivity index (χ2n) is 4.09. The fraction of sp³-hybridized carbons (Fsp3) is 0.600. The van der Waals surface area contributed by atoms with Gasteiger partial charge in [0.25, 0.3) is 0 Å². The fourth-order valence-electron chi connectivity index (χ4n) is 1.77. The van der Waals surface area contributed by atoms with Crippen LogP contribution in [0.25, 0.3) is 0 Å². The maximum absolute atomic E-state index is 10.7. The summed E-state index contributed by atoms with van der Waals surface area (Å²) in [6.45, 7) is 3.49. The normalized spacial score (nSPS) is 20.1. The van der Waals surface area contributed by atoms with E-state index in [1.807, 2.05) is 0 Å². The van der Waals surface area contributed by atoms with Crippen LogP contribution in [0.5, 0.6) is 0 Å². The lowest BCUT2D eigenvalue weighted by Crippen LogP contribution is -2.37. The average Bonchev–Trinajstić information content (AvgIpc) is 2.68. The van der Waals surface area contributed by atoms with Crippen LogP contribution in [-0.2, 0) is 10.3 Å². The molecule has 5 nitrogen and oxygen atoms in total. The van der Waals surface area contributed by atoms with E-state index in [2.05, 4.69) is 12.0 Å². The standard InChI is InChI=1S/C10H14N2O3/c1-10(2-4-15-5-3-10)12-7-8(6-11-12)9(13)14/h6-7H,2-5H2,1H3,(H,13,14). The van der Waals surface area contributed by atoms with Gasteiger partial charge in [0, 0.05) is 19.4 Å². The minimum absolute atomic E-state index is 0.105. The van der Waals surface area contributed by atoms with Gasteiger partial charge in [-0.3, -0.25) is 4.68 Å². The minimum atomic E-state index is -0.933. The lowest BCUT2D eigenvalue weighted by atomic mass is 9.93. The number of hydrogen-bond acceptors (Lipinski definition) is 3. The molecule has 1 fully saturated rings. The zero-order chi connectivity index (χ0) is 10.9. The molecule has 0 atom stereocenters. The lowest BCUT2D eigenvalue weighted by molar-refractivity contribution is 0.0240. The summed E-state index contributed by atoms with van der Waals surface area (Å²) >= 11 is 0. The molecule has 5 heteroatoms. The molecule has 15 heavy (non-hydrogen) atoms. The van der Waals surface area contributed by atoms with E-state index >= 15 is 0 Å². The number of aromatic carboxylic acids is 1. The van der Waals surface area contributed by atoms with E-state index in [1.54, 1.807) is 10.9 Å². The van der Waals surface area contributed by atoms with Crippen molar-refractivity contribution < 1.29 is 14.6 Å². The quantitative estimate of drug-likeness (QED) is 0.794. The third kappa shape index (κ3) is 1.87. The summed E-state index contributed by atoms with van der Waals surface area (Å²) in [7, 11) is 0. The third-order valence-corrected chi connectivity index (χ3v) is 2.95. The molecule has 0 aliphatic carbocycles. The number of carbonyl (C=O) groups is 1. The molecule has 0 spiro atoms. The summed E-state index contributed by atoms with van der Waals surface area (Å²) in [4.78, 5) is 10.7. The first kappa shape index (κ1) is 10.2. The molecular weight excluding hydrogens is 196 g/mol. The van der Waals surface area contributed by atoms with E-state index in [0.29, 0.717) is 13.2 Å². The largest absolute Gasteiger partial charge is 0.478 e. The van der Waals surface area contributed by atoms with Gasteiger partial charge >= 0.3 is 5.97 Å². The van der Waals surface area contributed by atoms with Crippen molar-refractivity contribution in [2.75, 3.05) is 13.2 Å². The van der Waals surface area contributed by atoms with Gasteiger partial charge in [0.2, 0.25) is 0 Å². The lowest BCUT2D eigenvalue weighted by Gasteiger charge is -2.33. The van der Waals surface area contributed by atoms with E-state index in [4.69, 9.17) is 9.84 Å². The summed E-state index contributed by atoms with van der Waals surface area (Å²) in [5, 5.41) is 12.9. The van der Waals surface area contributed by atoms with E-state index < -0.39 is 5.97 Å². The highest BCUT2D eigenvalue weighted by Gasteiger charge is 2.30. The van der Waals surface area contributed by atoms with Crippen LogP contribution in [0.2, 0.25) is 0 Å². The first-order valence-electron chi connectivity index (χ1n) is 4.98. The maximum atomic E-state index is 10.7. The van der Waals surface area contributed by atoms with Gasteiger partial charge in [0.15, 0.2) is 0 Å². The van der Waals surface area contributed by atoms with Crippen LogP contribution in [0.3, 0.4) is 0 Å². The Balaban J connectivity index is 2.23. The highest BCUT2D eigenvalue weighted by Crippen LogP contribution is 2.27. The first-order chi connectivity index (χ1) is 7.12. The SMILES string of the molecule is CC1(n2cc(C(=O)O)cn2)CCOCC1. The van der Waals surface area contributed by atoms with E-state index in [9.17, 15) is 4.79 Å². The molecule has 2 rings (SSSR count). The average molecular weight is 210 g/mol. The van der Waals surface area contributed by atoms with Gasteiger partial charge in [-0.2, -0.15) is 5.10 Å². The number of rotatable bonds is 2. The first-order valence-corrected chi connectivity index (χ1v) is 4.98. The van der Waals surface area contributed by atoms with Gasteiger partial charge < -0.3 is 9.84 Å². The molecule has 1 saturated heterocycles. The van der Waals surface area contributed by atoms with Gasteiger partial charge in [0.05, 0.1) is 17.3 Å². The number of nitrogens with zero attached hydrogens (tertiary/aromatic N) is 2. The molecule has 0 unspecified atom stereocenters. The summed E-state index contributed by atoms with van der Waals surface area (Å²) in [5.74, 6) is -0.933. The Morgan fingerprint density at radius 3 is 2.80 bits per heavy atom. The molecule has 2 heterocycles. The Labute approximate surface area is 87.7 Å².